The lowest BCUT2D eigenvalue weighted by Gasteiger charge is -2.15. The van der Waals surface area contributed by atoms with E-state index in [4.69, 9.17) is 5.11 Å². The van der Waals surface area contributed by atoms with Crippen LogP contribution >= 0.6 is 11.3 Å². The van der Waals surface area contributed by atoms with E-state index in [-0.39, 0.29) is 12.5 Å². The number of thiophene rings is 1. The number of aryl methyl sites for hydroxylation is 2. The number of rotatable bonds is 7. The molecular weight excluding hydrogens is 258 g/mol. The summed E-state index contributed by atoms with van der Waals surface area (Å²) in [6.45, 7) is 3.01. The number of aliphatic hydroxyl groups excluding tert-OH is 1. The molecule has 0 fully saturated rings. The minimum Gasteiger partial charge on any atom is -0.396 e. The number of nitrogens with one attached hydrogen (secondary N) is 1. The molecule has 2 N–H and O–H groups in total. The second-order valence-corrected chi connectivity index (χ2v) is 6.43. The van der Waals surface area contributed by atoms with Crippen LogP contribution < -0.4 is 5.32 Å². The van der Waals surface area contributed by atoms with Gasteiger partial charge in [-0.1, -0.05) is 13.3 Å². The van der Waals surface area contributed by atoms with Gasteiger partial charge in [-0.05, 0) is 49.7 Å². The molecular formula is C15H23NO2S. The van der Waals surface area contributed by atoms with Crippen molar-refractivity contribution in [3.8, 4) is 0 Å². The largest absolute Gasteiger partial charge is 0.396 e. The SMILES string of the molecule is CCCC(CCO)CNC(=O)c1cc2c(s1)CCC2. The molecule has 1 heterocycles. The fourth-order valence-electron chi connectivity index (χ4n) is 2.70. The Bertz CT molecular complexity index is 400. The van der Waals surface area contributed by atoms with Gasteiger partial charge in [0, 0.05) is 18.0 Å². The van der Waals surface area contributed by atoms with Gasteiger partial charge in [-0.2, -0.15) is 0 Å². The molecule has 2 rings (SSSR count). The molecule has 0 aromatic carbocycles. The number of carbonyl (C=O) groups is 1. The maximum absolute atomic E-state index is 12.1. The highest BCUT2D eigenvalue weighted by Gasteiger charge is 2.18. The van der Waals surface area contributed by atoms with E-state index in [2.05, 4.69) is 18.3 Å². The van der Waals surface area contributed by atoms with Gasteiger partial charge in [0.2, 0.25) is 0 Å². The molecule has 19 heavy (non-hydrogen) atoms. The van der Waals surface area contributed by atoms with Gasteiger partial charge in [0.25, 0.3) is 5.91 Å². The molecule has 1 unspecified atom stereocenters. The predicted octanol–water partition coefficient (Wildman–Crippen LogP) is 2.77. The Morgan fingerprint density at radius 3 is 3.00 bits per heavy atom. The number of amides is 1. The molecule has 1 aromatic rings. The van der Waals surface area contributed by atoms with Crippen LogP contribution in [0.25, 0.3) is 0 Å². The molecule has 0 spiro atoms. The first kappa shape index (κ1) is 14.5. The zero-order chi connectivity index (χ0) is 13.7. The zero-order valence-corrected chi connectivity index (χ0v) is 12.4. The third-order valence-corrected chi connectivity index (χ3v) is 4.99. The fraction of sp³-hybridized carbons (Fsp3) is 0.667. The van der Waals surface area contributed by atoms with E-state index in [1.54, 1.807) is 11.3 Å². The van der Waals surface area contributed by atoms with Crippen molar-refractivity contribution in [3.63, 3.8) is 0 Å². The molecule has 106 valence electrons. The summed E-state index contributed by atoms with van der Waals surface area (Å²) in [5, 5.41) is 12.0. The van der Waals surface area contributed by atoms with Crippen molar-refractivity contribution in [1.82, 2.24) is 5.32 Å². The Balaban J connectivity index is 1.85. The molecule has 0 saturated heterocycles. The highest BCUT2D eigenvalue weighted by Crippen LogP contribution is 2.30. The van der Waals surface area contributed by atoms with E-state index in [9.17, 15) is 4.79 Å². The smallest absolute Gasteiger partial charge is 0.261 e. The lowest BCUT2D eigenvalue weighted by Crippen LogP contribution is -2.29. The summed E-state index contributed by atoms with van der Waals surface area (Å²) in [4.78, 5) is 14.3. The molecule has 3 nitrogen and oxygen atoms in total. The summed E-state index contributed by atoms with van der Waals surface area (Å²) >= 11 is 1.65. The number of aliphatic hydroxyl groups is 1. The number of hydrogen-bond acceptors (Lipinski definition) is 3. The van der Waals surface area contributed by atoms with Crippen LogP contribution in [0.5, 0.6) is 0 Å². The quantitative estimate of drug-likeness (QED) is 0.807. The second-order valence-electron chi connectivity index (χ2n) is 5.29. The molecule has 0 saturated carbocycles. The van der Waals surface area contributed by atoms with Gasteiger partial charge in [0.15, 0.2) is 0 Å². The van der Waals surface area contributed by atoms with Gasteiger partial charge in [0.1, 0.15) is 0 Å². The first-order valence-electron chi connectivity index (χ1n) is 7.25. The molecule has 0 bridgehead atoms. The summed E-state index contributed by atoms with van der Waals surface area (Å²) in [7, 11) is 0. The maximum Gasteiger partial charge on any atom is 0.261 e. The first-order chi connectivity index (χ1) is 9.24. The summed E-state index contributed by atoms with van der Waals surface area (Å²) < 4.78 is 0. The van der Waals surface area contributed by atoms with Crippen LogP contribution in [0.4, 0.5) is 0 Å². The molecule has 1 atom stereocenters. The van der Waals surface area contributed by atoms with Gasteiger partial charge in [-0.3, -0.25) is 4.79 Å². The lowest BCUT2D eigenvalue weighted by atomic mass is 10.0. The van der Waals surface area contributed by atoms with Gasteiger partial charge >= 0.3 is 0 Å². The number of carbonyl (C=O) groups excluding carboxylic acids is 1. The Kier molecular flexibility index (Phi) is 5.40. The van der Waals surface area contributed by atoms with Gasteiger partial charge in [-0.25, -0.2) is 0 Å². The monoisotopic (exact) mass is 281 g/mol. The van der Waals surface area contributed by atoms with Gasteiger partial charge in [-0.15, -0.1) is 11.3 Å². The fourth-order valence-corrected chi connectivity index (χ4v) is 3.87. The van der Waals surface area contributed by atoms with Crippen molar-refractivity contribution in [2.45, 2.75) is 45.4 Å². The van der Waals surface area contributed by atoms with Gasteiger partial charge in [0.05, 0.1) is 4.88 Å². The minimum atomic E-state index is 0.0541. The zero-order valence-electron chi connectivity index (χ0n) is 11.6. The average molecular weight is 281 g/mol. The van der Waals surface area contributed by atoms with Crippen LogP contribution in [-0.2, 0) is 12.8 Å². The van der Waals surface area contributed by atoms with Crippen molar-refractivity contribution in [2.24, 2.45) is 5.92 Å². The molecule has 1 aliphatic carbocycles. The van der Waals surface area contributed by atoms with Crippen LogP contribution in [0, 0.1) is 5.92 Å². The van der Waals surface area contributed by atoms with Crippen molar-refractivity contribution in [3.05, 3.63) is 21.4 Å². The normalized spacial score (nSPS) is 15.3. The van der Waals surface area contributed by atoms with Crippen molar-refractivity contribution < 1.29 is 9.90 Å². The molecule has 0 radical (unpaired) electrons. The van der Waals surface area contributed by atoms with Crippen molar-refractivity contribution in [1.29, 1.82) is 0 Å². The summed E-state index contributed by atoms with van der Waals surface area (Å²) in [6.07, 6.45) is 6.42. The Labute approximate surface area is 119 Å². The Morgan fingerprint density at radius 2 is 2.32 bits per heavy atom. The third kappa shape index (κ3) is 3.80. The maximum atomic E-state index is 12.1. The summed E-state index contributed by atoms with van der Waals surface area (Å²) in [5.74, 6) is 0.448. The lowest BCUT2D eigenvalue weighted by molar-refractivity contribution is 0.0947. The van der Waals surface area contributed by atoms with E-state index in [0.717, 1.165) is 37.0 Å². The first-order valence-corrected chi connectivity index (χ1v) is 8.06. The summed E-state index contributed by atoms with van der Waals surface area (Å²) in [5.41, 5.74) is 1.37. The molecule has 0 aliphatic heterocycles. The highest BCUT2D eigenvalue weighted by atomic mass is 32.1. The predicted molar refractivity (Wildman–Crippen MR) is 78.8 cm³/mol. The van der Waals surface area contributed by atoms with E-state index >= 15 is 0 Å². The van der Waals surface area contributed by atoms with Crippen molar-refractivity contribution in [2.75, 3.05) is 13.2 Å². The summed E-state index contributed by atoms with van der Waals surface area (Å²) in [6, 6.07) is 2.06. The topological polar surface area (TPSA) is 49.3 Å². The number of fused-ring (bicyclic) bond motifs is 1. The molecule has 1 aliphatic rings. The van der Waals surface area contributed by atoms with E-state index in [1.807, 2.05) is 0 Å². The molecule has 4 heteroatoms. The Morgan fingerprint density at radius 1 is 1.47 bits per heavy atom. The molecule has 1 aromatic heterocycles. The molecule has 1 amide bonds. The minimum absolute atomic E-state index is 0.0541. The van der Waals surface area contributed by atoms with E-state index in [0.29, 0.717) is 12.5 Å². The average Bonchev–Trinajstić information content (AvgIpc) is 2.96. The van der Waals surface area contributed by atoms with Gasteiger partial charge < -0.3 is 10.4 Å². The second kappa shape index (κ2) is 7.06. The van der Waals surface area contributed by atoms with Crippen molar-refractivity contribution >= 4 is 17.2 Å². The highest BCUT2D eigenvalue weighted by molar-refractivity contribution is 7.14. The van der Waals surface area contributed by atoms with Crippen LogP contribution in [0.2, 0.25) is 0 Å². The van der Waals surface area contributed by atoms with E-state index < -0.39 is 0 Å². The standard InChI is InChI=1S/C15H23NO2S/c1-2-4-11(7-8-17)10-16-15(18)14-9-12-5-3-6-13(12)19-14/h9,11,17H,2-8,10H2,1H3,(H,16,18). The van der Waals surface area contributed by atoms with E-state index in [1.165, 1.54) is 16.9 Å². The number of hydrogen-bond donors (Lipinski definition) is 2. The van der Waals surface area contributed by atoms with Crippen LogP contribution in [-0.4, -0.2) is 24.2 Å². The van der Waals surface area contributed by atoms with Crippen LogP contribution in [0.3, 0.4) is 0 Å². The van der Waals surface area contributed by atoms with Crippen LogP contribution in [0.1, 0.15) is 52.7 Å². The third-order valence-electron chi connectivity index (χ3n) is 3.76. The Hall–Kier alpha value is -0.870. The van der Waals surface area contributed by atoms with Crippen LogP contribution in [0.15, 0.2) is 6.07 Å².